The summed E-state index contributed by atoms with van der Waals surface area (Å²) in [4.78, 5) is 24.7. The van der Waals surface area contributed by atoms with Crippen molar-refractivity contribution in [2.24, 2.45) is 0 Å². The lowest BCUT2D eigenvalue weighted by Crippen LogP contribution is -2.32. The third-order valence-electron chi connectivity index (χ3n) is 6.65. The van der Waals surface area contributed by atoms with Gasteiger partial charge in [0.15, 0.2) is 5.13 Å². The Morgan fingerprint density at radius 2 is 1.76 bits per heavy atom. The Hall–Kier alpha value is -3.14. The van der Waals surface area contributed by atoms with Crippen molar-refractivity contribution in [1.82, 2.24) is 14.3 Å². The lowest BCUT2D eigenvalue weighted by molar-refractivity contribution is 0.0985. The van der Waals surface area contributed by atoms with Gasteiger partial charge in [0, 0.05) is 31.0 Å². The molecule has 0 atom stereocenters. The van der Waals surface area contributed by atoms with E-state index in [4.69, 9.17) is 4.98 Å². The zero-order chi connectivity index (χ0) is 26.0. The van der Waals surface area contributed by atoms with E-state index in [1.54, 1.807) is 45.9 Å². The van der Waals surface area contributed by atoms with Gasteiger partial charge in [-0.25, -0.2) is 13.4 Å². The van der Waals surface area contributed by atoms with Crippen molar-refractivity contribution in [3.8, 4) is 0 Å². The Balaban J connectivity index is 1.47. The van der Waals surface area contributed by atoms with Gasteiger partial charge in [-0.05, 0) is 79.8 Å². The average molecular weight is 535 g/mol. The van der Waals surface area contributed by atoms with Gasteiger partial charge in [-0.1, -0.05) is 36.3 Å². The number of thiazole rings is 1. The summed E-state index contributed by atoms with van der Waals surface area (Å²) in [6, 6.07) is 14.2. The van der Waals surface area contributed by atoms with Crippen LogP contribution in [0.15, 0.2) is 65.8 Å². The normalized spacial score (nSPS) is 15.0. The van der Waals surface area contributed by atoms with E-state index in [0.717, 1.165) is 52.6 Å². The molecule has 1 aliphatic heterocycles. The fourth-order valence-electron chi connectivity index (χ4n) is 4.74. The number of aryl methyl sites for hydroxylation is 2. The maximum Gasteiger partial charge on any atom is 0.260 e. The molecule has 3 heterocycles. The molecule has 0 N–H and O–H groups in total. The molecular formula is C28H30N4O3S2. The monoisotopic (exact) mass is 534 g/mol. The molecule has 2 aromatic carbocycles. The van der Waals surface area contributed by atoms with E-state index < -0.39 is 10.0 Å². The van der Waals surface area contributed by atoms with Crippen molar-refractivity contribution in [3.63, 3.8) is 0 Å². The lowest BCUT2D eigenvalue weighted by atomic mass is 10.1. The first-order chi connectivity index (χ1) is 17.8. The molecule has 0 aliphatic carbocycles. The summed E-state index contributed by atoms with van der Waals surface area (Å²) in [7, 11) is -3.59. The van der Waals surface area contributed by atoms with E-state index in [-0.39, 0.29) is 10.8 Å². The fourth-order valence-corrected chi connectivity index (χ4v) is 7.27. The molecule has 1 fully saturated rings. The first kappa shape index (κ1) is 25.5. The molecule has 0 saturated carbocycles. The van der Waals surface area contributed by atoms with Crippen LogP contribution in [0.25, 0.3) is 10.2 Å². The fraction of sp³-hybridized carbons (Fsp3) is 0.321. The standard InChI is InChI=1S/C28H30N4O3S2/c1-20-16-21(2)26-25(17-20)30-28(36-26)32(19-22-8-7-13-29-18-22)27(33)23-9-11-24(12-10-23)37(34,35)31-14-5-3-4-6-15-31/h7-13,16-18H,3-6,14-15,19H2,1-2H3. The number of carbonyl (C=O) groups is 1. The summed E-state index contributed by atoms with van der Waals surface area (Å²) in [5.74, 6) is -0.240. The van der Waals surface area contributed by atoms with Gasteiger partial charge < -0.3 is 0 Å². The predicted molar refractivity (Wildman–Crippen MR) is 148 cm³/mol. The first-order valence-corrected chi connectivity index (χ1v) is 14.8. The second-order valence-corrected chi connectivity index (χ2v) is 12.4. The second kappa shape index (κ2) is 10.7. The maximum absolute atomic E-state index is 13.8. The Morgan fingerprint density at radius 3 is 2.43 bits per heavy atom. The summed E-state index contributed by atoms with van der Waals surface area (Å²) in [5, 5.41) is 0.596. The zero-order valence-electron chi connectivity index (χ0n) is 21.1. The van der Waals surface area contributed by atoms with Gasteiger partial charge in [0.1, 0.15) is 0 Å². The molecule has 0 radical (unpaired) electrons. The highest BCUT2D eigenvalue weighted by atomic mass is 32.2. The van der Waals surface area contributed by atoms with Gasteiger partial charge in [0.05, 0.1) is 21.7 Å². The van der Waals surface area contributed by atoms with Gasteiger partial charge >= 0.3 is 0 Å². The van der Waals surface area contributed by atoms with Crippen LogP contribution in [0.5, 0.6) is 0 Å². The van der Waals surface area contributed by atoms with E-state index in [0.29, 0.717) is 30.3 Å². The van der Waals surface area contributed by atoms with Crippen molar-refractivity contribution in [2.45, 2.75) is 51.0 Å². The quantitative estimate of drug-likeness (QED) is 0.316. The van der Waals surface area contributed by atoms with Crippen molar-refractivity contribution >= 4 is 42.6 Å². The number of benzene rings is 2. The largest absolute Gasteiger partial charge is 0.279 e. The maximum atomic E-state index is 13.8. The van der Waals surface area contributed by atoms with Gasteiger partial charge in [-0.3, -0.25) is 14.7 Å². The van der Waals surface area contributed by atoms with Crippen LogP contribution in [0, 0.1) is 13.8 Å². The molecule has 2 aromatic heterocycles. The molecule has 1 aliphatic rings. The number of carbonyl (C=O) groups excluding carboxylic acids is 1. The van der Waals surface area contributed by atoms with E-state index >= 15 is 0 Å². The summed E-state index contributed by atoms with van der Waals surface area (Å²) < 4.78 is 29.0. The summed E-state index contributed by atoms with van der Waals surface area (Å²) in [5.41, 5.74) is 4.39. The van der Waals surface area contributed by atoms with Crippen LogP contribution in [0.1, 0.15) is 52.7 Å². The summed E-state index contributed by atoms with van der Waals surface area (Å²) >= 11 is 1.48. The smallest absolute Gasteiger partial charge is 0.260 e. The number of fused-ring (bicyclic) bond motifs is 1. The molecule has 1 saturated heterocycles. The highest BCUT2D eigenvalue weighted by molar-refractivity contribution is 7.89. The van der Waals surface area contributed by atoms with Crippen LogP contribution in [0.3, 0.4) is 0 Å². The molecule has 37 heavy (non-hydrogen) atoms. The minimum absolute atomic E-state index is 0.218. The molecule has 192 valence electrons. The first-order valence-electron chi connectivity index (χ1n) is 12.5. The number of rotatable bonds is 6. The van der Waals surface area contributed by atoms with Crippen LogP contribution in [-0.2, 0) is 16.6 Å². The number of anilines is 1. The number of amides is 1. The molecule has 0 spiro atoms. The zero-order valence-corrected chi connectivity index (χ0v) is 22.7. The number of sulfonamides is 1. The third-order valence-corrected chi connectivity index (χ3v) is 9.79. The Bertz CT molecular complexity index is 1510. The van der Waals surface area contributed by atoms with Crippen molar-refractivity contribution < 1.29 is 13.2 Å². The van der Waals surface area contributed by atoms with Crippen LogP contribution in [-0.4, -0.2) is 41.7 Å². The van der Waals surface area contributed by atoms with Crippen LogP contribution in [0.2, 0.25) is 0 Å². The highest BCUT2D eigenvalue weighted by Crippen LogP contribution is 2.34. The van der Waals surface area contributed by atoms with Gasteiger partial charge in [0.2, 0.25) is 10.0 Å². The number of hydrogen-bond acceptors (Lipinski definition) is 6. The Labute approximate surface area is 221 Å². The van der Waals surface area contributed by atoms with E-state index in [1.807, 2.05) is 32.0 Å². The van der Waals surface area contributed by atoms with Crippen molar-refractivity contribution in [3.05, 3.63) is 83.2 Å². The van der Waals surface area contributed by atoms with Crippen LogP contribution in [0.4, 0.5) is 5.13 Å². The third kappa shape index (κ3) is 5.44. The van der Waals surface area contributed by atoms with Crippen LogP contribution >= 0.6 is 11.3 Å². The van der Waals surface area contributed by atoms with Gasteiger partial charge in [-0.2, -0.15) is 4.31 Å². The number of hydrogen-bond donors (Lipinski definition) is 0. The van der Waals surface area contributed by atoms with E-state index in [2.05, 4.69) is 11.1 Å². The summed E-state index contributed by atoms with van der Waals surface area (Å²) in [6.07, 6.45) is 7.29. The molecule has 1 amide bonds. The number of pyridine rings is 1. The average Bonchev–Trinajstić information content (AvgIpc) is 3.12. The highest BCUT2D eigenvalue weighted by Gasteiger charge is 2.27. The lowest BCUT2D eigenvalue weighted by Gasteiger charge is -2.21. The summed E-state index contributed by atoms with van der Waals surface area (Å²) in [6.45, 7) is 5.47. The molecule has 0 unspecified atom stereocenters. The van der Waals surface area contributed by atoms with Crippen LogP contribution < -0.4 is 4.90 Å². The SMILES string of the molecule is Cc1cc(C)c2sc(N(Cc3cccnc3)C(=O)c3ccc(S(=O)(=O)N4CCCCCC4)cc3)nc2c1. The topological polar surface area (TPSA) is 83.5 Å². The molecular weight excluding hydrogens is 504 g/mol. The second-order valence-electron chi connectivity index (χ2n) is 9.52. The molecule has 5 rings (SSSR count). The van der Waals surface area contributed by atoms with Crippen molar-refractivity contribution in [1.29, 1.82) is 0 Å². The van der Waals surface area contributed by atoms with Gasteiger partial charge in [-0.15, -0.1) is 0 Å². The molecule has 0 bridgehead atoms. The van der Waals surface area contributed by atoms with E-state index in [9.17, 15) is 13.2 Å². The Kier molecular flexibility index (Phi) is 7.37. The molecule has 4 aromatic rings. The number of nitrogens with zero attached hydrogens (tertiary/aromatic N) is 4. The molecule has 7 nitrogen and oxygen atoms in total. The molecule has 9 heteroatoms. The van der Waals surface area contributed by atoms with Crippen molar-refractivity contribution in [2.75, 3.05) is 18.0 Å². The minimum atomic E-state index is -3.59. The number of aromatic nitrogens is 2. The minimum Gasteiger partial charge on any atom is -0.279 e. The van der Waals surface area contributed by atoms with Gasteiger partial charge in [0.25, 0.3) is 5.91 Å². The Morgan fingerprint density at radius 1 is 1.03 bits per heavy atom. The predicted octanol–water partition coefficient (Wildman–Crippen LogP) is 5.72. The van der Waals surface area contributed by atoms with E-state index in [1.165, 1.54) is 11.3 Å².